The Morgan fingerprint density at radius 2 is 2.14 bits per heavy atom. The van der Waals surface area contributed by atoms with Crippen LogP contribution in [0.5, 0.6) is 0 Å². The Hall–Kier alpha value is -2.96. The van der Waals surface area contributed by atoms with E-state index >= 15 is 0 Å². The fraction of sp³-hybridized carbons (Fsp3) is 0.200. The molecule has 110 valence electrons. The SMILES string of the molecule is O=C(Nc1nc2cccc(NC3CC3)n2n1)c1cccnc1. The van der Waals surface area contributed by atoms with Crippen LogP contribution in [0.2, 0.25) is 0 Å². The van der Waals surface area contributed by atoms with Gasteiger partial charge in [0.15, 0.2) is 5.65 Å². The molecule has 0 bridgehead atoms. The van der Waals surface area contributed by atoms with E-state index in [1.54, 1.807) is 22.8 Å². The first-order chi connectivity index (χ1) is 10.8. The van der Waals surface area contributed by atoms with E-state index < -0.39 is 0 Å². The van der Waals surface area contributed by atoms with Crippen molar-refractivity contribution in [1.29, 1.82) is 0 Å². The van der Waals surface area contributed by atoms with Gasteiger partial charge in [-0.2, -0.15) is 9.50 Å². The Morgan fingerprint density at radius 1 is 1.23 bits per heavy atom. The average molecular weight is 294 g/mol. The molecule has 1 aliphatic rings. The molecule has 0 unspecified atom stereocenters. The third kappa shape index (κ3) is 2.48. The van der Waals surface area contributed by atoms with E-state index in [-0.39, 0.29) is 11.9 Å². The molecule has 0 saturated heterocycles. The summed E-state index contributed by atoms with van der Waals surface area (Å²) in [6.07, 6.45) is 5.48. The Balaban J connectivity index is 1.61. The van der Waals surface area contributed by atoms with Crippen molar-refractivity contribution in [3.63, 3.8) is 0 Å². The van der Waals surface area contributed by atoms with E-state index in [1.807, 2.05) is 18.2 Å². The van der Waals surface area contributed by atoms with Crippen LogP contribution in [0.1, 0.15) is 23.2 Å². The lowest BCUT2D eigenvalue weighted by atomic mass is 10.3. The summed E-state index contributed by atoms with van der Waals surface area (Å²) >= 11 is 0. The van der Waals surface area contributed by atoms with Crippen molar-refractivity contribution in [2.75, 3.05) is 10.6 Å². The molecule has 1 fully saturated rings. The van der Waals surface area contributed by atoms with E-state index in [4.69, 9.17) is 0 Å². The van der Waals surface area contributed by atoms with Crippen LogP contribution in [0.3, 0.4) is 0 Å². The lowest BCUT2D eigenvalue weighted by molar-refractivity contribution is 0.102. The smallest absolute Gasteiger partial charge is 0.259 e. The molecule has 1 amide bonds. The molecule has 0 radical (unpaired) electrons. The summed E-state index contributed by atoms with van der Waals surface area (Å²) in [5.74, 6) is 0.883. The van der Waals surface area contributed by atoms with Gasteiger partial charge in [0.2, 0.25) is 5.95 Å². The van der Waals surface area contributed by atoms with Gasteiger partial charge in [-0.15, -0.1) is 5.10 Å². The highest BCUT2D eigenvalue weighted by Gasteiger charge is 2.22. The molecule has 0 atom stereocenters. The van der Waals surface area contributed by atoms with Crippen molar-refractivity contribution in [1.82, 2.24) is 19.6 Å². The maximum absolute atomic E-state index is 12.1. The molecule has 0 aromatic carbocycles. The average Bonchev–Trinajstić information content (AvgIpc) is 3.26. The molecule has 0 spiro atoms. The van der Waals surface area contributed by atoms with Crippen LogP contribution in [0, 0.1) is 0 Å². The largest absolute Gasteiger partial charge is 0.367 e. The molecular formula is C15H14N6O. The highest BCUT2D eigenvalue weighted by Crippen LogP contribution is 2.25. The van der Waals surface area contributed by atoms with Crippen molar-refractivity contribution < 1.29 is 4.79 Å². The number of anilines is 2. The van der Waals surface area contributed by atoms with Crippen molar-refractivity contribution in [2.45, 2.75) is 18.9 Å². The molecule has 3 aromatic heterocycles. The van der Waals surface area contributed by atoms with E-state index in [0.29, 0.717) is 17.3 Å². The molecule has 1 saturated carbocycles. The number of nitrogens with zero attached hydrogens (tertiary/aromatic N) is 4. The van der Waals surface area contributed by atoms with E-state index in [2.05, 4.69) is 25.7 Å². The van der Waals surface area contributed by atoms with E-state index in [1.165, 1.54) is 19.0 Å². The number of aromatic nitrogens is 4. The molecule has 22 heavy (non-hydrogen) atoms. The van der Waals surface area contributed by atoms with Crippen LogP contribution in [-0.2, 0) is 0 Å². The minimum absolute atomic E-state index is 0.277. The van der Waals surface area contributed by atoms with Crippen LogP contribution < -0.4 is 10.6 Å². The predicted molar refractivity (Wildman–Crippen MR) is 81.8 cm³/mol. The maximum Gasteiger partial charge on any atom is 0.259 e. The summed E-state index contributed by atoms with van der Waals surface area (Å²) in [5, 5.41) is 10.4. The summed E-state index contributed by atoms with van der Waals surface area (Å²) in [6, 6.07) is 9.64. The standard InChI is InChI=1S/C15H14N6O/c22-14(10-3-2-8-16-9-10)19-15-18-13-5-1-4-12(21(13)20-15)17-11-6-7-11/h1-5,8-9,11,17H,6-7H2,(H,19,20,22). The number of rotatable bonds is 4. The zero-order valence-electron chi connectivity index (χ0n) is 11.7. The van der Waals surface area contributed by atoms with Crippen LogP contribution in [0.15, 0.2) is 42.7 Å². The van der Waals surface area contributed by atoms with Crippen LogP contribution >= 0.6 is 0 Å². The van der Waals surface area contributed by atoms with Gasteiger partial charge in [0, 0.05) is 18.4 Å². The molecule has 0 aliphatic heterocycles. The van der Waals surface area contributed by atoms with Crippen LogP contribution in [0.4, 0.5) is 11.8 Å². The van der Waals surface area contributed by atoms with Crippen molar-refractivity contribution in [3.05, 3.63) is 48.3 Å². The fourth-order valence-corrected chi connectivity index (χ4v) is 2.18. The zero-order valence-corrected chi connectivity index (χ0v) is 11.7. The molecule has 3 aromatic rings. The minimum atomic E-state index is -0.277. The Morgan fingerprint density at radius 3 is 2.91 bits per heavy atom. The minimum Gasteiger partial charge on any atom is -0.367 e. The third-order valence-electron chi connectivity index (χ3n) is 3.44. The fourth-order valence-electron chi connectivity index (χ4n) is 2.18. The number of pyridine rings is 2. The Bertz CT molecular complexity index is 824. The molecular weight excluding hydrogens is 280 g/mol. The second kappa shape index (κ2) is 5.10. The van der Waals surface area contributed by atoms with Gasteiger partial charge in [0.05, 0.1) is 5.56 Å². The normalized spacial score (nSPS) is 14.0. The first kappa shape index (κ1) is 12.8. The summed E-state index contributed by atoms with van der Waals surface area (Å²) in [7, 11) is 0. The summed E-state index contributed by atoms with van der Waals surface area (Å²) in [4.78, 5) is 20.4. The maximum atomic E-state index is 12.1. The van der Waals surface area contributed by atoms with Gasteiger partial charge in [-0.25, -0.2) is 0 Å². The molecule has 4 rings (SSSR count). The molecule has 2 N–H and O–H groups in total. The van der Waals surface area contributed by atoms with Gasteiger partial charge < -0.3 is 5.32 Å². The summed E-state index contributed by atoms with van der Waals surface area (Å²) < 4.78 is 1.71. The van der Waals surface area contributed by atoms with E-state index in [0.717, 1.165) is 5.82 Å². The lowest BCUT2D eigenvalue weighted by Crippen LogP contribution is -2.13. The van der Waals surface area contributed by atoms with Crippen LogP contribution in [-0.4, -0.2) is 31.5 Å². The Kier molecular flexibility index (Phi) is 2.96. The van der Waals surface area contributed by atoms with Gasteiger partial charge in [-0.1, -0.05) is 6.07 Å². The quantitative estimate of drug-likeness (QED) is 0.768. The number of amides is 1. The van der Waals surface area contributed by atoms with Crippen molar-refractivity contribution in [3.8, 4) is 0 Å². The number of fused-ring (bicyclic) bond motifs is 1. The topological polar surface area (TPSA) is 84.2 Å². The number of nitrogens with one attached hydrogen (secondary N) is 2. The molecule has 3 heterocycles. The highest BCUT2D eigenvalue weighted by molar-refractivity contribution is 6.03. The first-order valence-electron chi connectivity index (χ1n) is 7.13. The molecule has 7 heteroatoms. The Labute approximate surface area is 126 Å². The van der Waals surface area contributed by atoms with Crippen molar-refractivity contribution >= 4 is 23.3 Å². The second-order valence-electron chi connectivity index (χ2n) is 5.23. The highest BCUT2D eigenvalue weighted by atomic mass is 16.1. The van der Waals surface area contributed by atoms with Crippen LogP contribution in [0.25, 0.3) is 5.65 Å². The number of carbonyl (C=O) groups excluding carboxylic acids is 1. The molecule has 1 aliphatic carbocycles. The lowest BCUT2D eigenvalue weighted by Gasteiger charge is -2.05. The van der Waals surface area contributed by atoms with Crippen molar-refractivity contribution in [2.24, 2.45) is 0 Å². The first-order valence-corrected chi connectivity index (χ1v) is 7.13. The number of hydrogen-bond donors (Lipinski definition) is 2. The van der Waals surface area contributed by atoms with Gasteiger partial charge in [-0.05, 0) is 37.1 Å². The monoisotopic (exact) mass is 294 g/mol. The number of carbonyl (C=O) groups is 1. The van der Waals surface area contributed by atoms with Gasteiger partial charge in [0.25, 0.3) is 5.91 Å². The van der Waals surface area contributed by atoms with Gasteiger partial charge in [0.1, 0.15) is 5.82 Å². The third-order valence-corrected chi connectivity index (χ3v) is 3.44. The molecule has 7 nitrogen and oxygen atoms in total. The summed E-state index contributed by atoms with van der Waals surface area (Å²) in [5.41, 5.74) is 1.16. The predicted octanol–water partition coefficient (Wildman–Crippen LogP) is 1.95. The summed E-state index contributed by atoms with van der Waals surface area (Å²) in [6.45, 7) is 0. The second-order valence-corrected chi connectivity index (χ2v) is 5.23. The van der Waals surface area contributed by atoms with Gasteiger partial charge >= 0.3 is 0 Å². The zero-order chi connectivity index (χ0) is 14.9. The van der Waals surface area contributed by atoms with E-state index in [9.17, 15) is 4.79 Å². The van der Waals surface area contributed by atoms with Gasteiger partial charge in [-0.3, -0.25) is 15.1 Å². The number of hydrogen-bond acceptors (Lipinski definition) is 5.